The number of hydrogen-bond acceptors (Lipinski definition) is 6. The van der Waals surface area contributed by atoms with Crippen LogP contribution in [0.4, 0.5) is 0 Å². The summed E-state index contributed by atoms with van der Waals surface area (Å²) in [6.45, 7) is 0. The normalized spacial score (nSPS) is 11.2. The number of hydrogen-bond donors (Lipinski definition) is 0. The predicted molar refractivity (Wildman–Crippen MR) is 190 cm³/mol. The van der Waals surface area contributed by atoms with Crippen molar-refractivity contribution >= 4 is 23.5 Å². The van der Waals surface area contributed by atoms with Crippen LogP contribution in [0.2, 0.25) is 0 Å². The molecule has 4 aromatic carbocycles. The second-order valence-corrected chi connectivity index (χ2v) is 13.2. The summed E-state index contributed by atoms with van der Waals surface area (Å²) in [5, 5.41) is 20.3. The van der Waals surface area contributed by atoms with E-state index >= 15 is 0 Å². The summed E-state index contributed by atoms with van der Waals surface area (Å²) in [5.74, 6) is 3.84. The molecular weight excluding hydrogens is 605 g/mol. The van der Waals surface area contributed by atoms with Crippen molar-refractivity contribution in [3.05, 3.63) is 144 Å². The van der Waals surface area contributed by atoms with Gasteiger partial charge in [-0.25, -0.2) is 0 Å². The minimum absolute atomic E-state index is 0.876. The summed E-state index contributed by atoms with van der Waals surface area (Å²) >= 11 is 3.49. The molecule has 0 atom stereocenters. The highest BCUT2D eigenvalue weighted by molar-refractivity contribution is 7.98. The first-order chi connectivity index (χ1) is 22.8. The monoisotopic (exact) mass is 644 g/mol. The fourth-order valence-electron chi connectivity index (χ4n) is 5.50. The molecule has 0 fully saturated rings. The summed E-state index contributed by atoms with van der Waals surface area (Å²) in [6, 6.07) is 42.1. The molecule has 0 aliphatic heterocycles. The quantitative estimate of drug-likeness (QED) is 0.0728. The van der Waals surface area contributed by atoms with Crippen molar-refractivity contribution in [2.45, 2.75) is 73.2 Å². The van der Waals surface area contributed by atoms with Crippen LogP contribution in [-0.4, -0.2) is 29.5 Å². The smallest absolute Gasteiger partial charge is 0.196 e. The van der Waals surface area contributed by atoms with Crippen molar-refractivity contribution in [1.29, 1.82) is 0 Å². The van der Waals surface area contributed by atoms with Gasteiger partial charge in [-0.15, -0.1) is 20.4 Å². The topological polar surface area (TPSA) is 61.4 Å². The highest BCUT2D eigenvalue weighted by atomic mass is 32.2. The molecule has 0 aliphatic rings. The van der Waals surface area contributed by atoms with Crippen molar-refractivity contribution in [2.75, 3.05) is 0 Å². The Morgan fingerprint density at radius 1 is 0.391 bits per heavy atom. The van der Waals surface area contributed by atoms with Gasteiger partial charge >= 0.3 is 0 Å². The van der Waals surface area contributed by atoms with E-state index in [9.17, 15) is 0 Å². The Bertz CT molecular complexity index is 1610. The fraction of sp³-hybridized carbons (Fsp3) is 0.263. The maximum atomic E-state index is 4.63. The number of unbranched alkanes of at least 4 members (excludes halogenated alkanes) is 5. The van der Waals surface area contributed by atoms with Gasteiger partial charge in [0.2, 0.25) is 0 Å². The second-order valence-electron chi connectivity index (χ2n) is 11.3. The lowest BCUT2D eigenvalue weighted by molar-refractivity contribution is 0.579. The van der Waals surface area contributed by atoms with Gasteiger partial charge in [-0.1, -0.05) is 146 Å². The molecule has 0 saturated carbocycles. The molecule has 0 unspecified atom stereocenters. The third-order valence-electron chi connectivity index (χ3n) is 7.90. The predicted octanol–water partition coefficient (Wildman–Crippen LogP) is 9.56. The standard InChI is InChI=1S/C38H40N6S2/c1(3-17-27-35-39-41-37(43(35)33-23-13-7-14-24-33)45-29-31-19-9-5-10-20-31)2-4-18-28-36-40-42-38(44(36)34-25-15-8-16-26-34)46-30-32-21-11-6-12-22-32/h5-16,19-26H,1-4,17-18,27-30H2. The zero-order valence-electron chi connectivity index (χ0n) is 26.1. The molecule has 234 valence electrons. The molecule has 0 aliphatic carbocycles. The molecule has 6 aromatic rings. The van der Waals surface area contributed by atoms with Crippen LogP contribution in [0.3, 0.4) is 0 Å². The molecule has 0 amide bonds. The van der Waals surface area contributed by atoms with Gasteiger partial charge in [0.1, 0.15) is 11.6 Å². The molecule has 0 spiro atoms. The van der Waals surface area contributed by atoms with Crippen LogP contribution in [0, 0.1) is 0 Å². The molecule has 0 N–H and O–H groups in total. The first kappa shape index (κ1) is 31.8. The largest absolute Gasteiger partial charge is 0.274 e. The van der Waals surface area contributed by atoms with Gasteiger partial charge in [0.15, 0.2) is 10.3 Å². The number of thioether (sulfide) groups is 2. The molecule has 0 saturated heterocycles. The molecule has 2 heterocycles. The summed E-state index contributed by atoms with van der Waals surface area (Å²) in [4.78, 5) is 0. The fourth-order valence-corrected chi connectivity index (χ4v) is 7.36. The lowest BCUT2D eigenvalue weighted by atomic mass is 10.1. The van der Waals surface area contributed by atoms with Gasteiger partial charge in [-0.3, -0.25) is 9.13 Å². The maximum Gasteiger partial charge on any atom is 0.196 e. The third kappa shape index (κ3) is 8.77. The molecular formula is C38H40N6S2. The van der Waals surface area contributed by atoms with Gasteiger partial charge in [0.25, 0.3) is 0 Å². The molecule has 0 bridgehead atoms. The van der Waals surface area contributed by atoms with Crippen LogP contribution in [0.5, 0.6) is 0 Å². The number of benzene rings is 4. The van der Waals surface area contributed by atoms with E-state index < -0.39 is 0 Å². The molecule has 6 nitrogen and oxygen atoms in total. The van der Waals surface area contributed by atoms with Crippen molar-refractivity contribution in [2.24, 2.45) is 0 Å². The molecule has 6 rings (SSSR count). The van der Waals surface area contributed by atoms with E-state index in [1.165, 1.54) is 36.8 Å². The van der Waals surface area contributed by atoms with Gasteiger partial charge in [-0.2, -0.15) is 0 Å². The van der Waals surface area contributed by atoms with Crippen LogP contribution in [-0.2, 0) is 24.3 Å². The van der Waals surface area contributed by atoms with Gasteiger partial charge in [0, 0.05) is 35.7 Å². The highest BCUT2D eigenvalue weighted by Gasteiger charge is 2.16. The van der Waals surface area contributed by atoms with Crippen LogP contribution in [0.15, 0.2) is 132 Å². The van der Waals surface area contributed by atoms with E-state index in [1.54, 1.807) is 23.5 Å². The third-order valence-corrected chi connectivity index (χ3v) is 9.90. The first-order valence-electron chi connectivity index (χ1n) is 16.2. The Balaban J connectivity index is 0.978. The zero-order valence-corrected chi connectivity index (χ0v) is 27.8. The average Bonchev–Trinajstić information content (AvgIpc) is 3.73. The molecule has 46 heavy (non-hydrogen) atoms. The number of nitrogens with zero attached hydrogens (tertiary/aromatic N) is 6. The van der Waals surface area contributed by atoms with E-state index in [0.717, 1.165) is 70.5 Å². The maximum absolute atomic E-state index is 4.63. The van der Waals surface area contributed by atoms with Crippen LogP contribution in [0.25, 0.3) is 11.4 Å². The zero-order chi connectivity index (χ0) is 31.2. The highest BCUT2D eigenvalue weighted by Crippen LogP contribution is 2.27. The van der Waals surface area contributed by atoms with Crippen LogP contribution >= 0.6 is 23.5 Å². The Hall–Kier alpha value is -4.14. The van der Waals surface area contributed by atoms with Crippen LogP contribution in [0.1, 0.15) is 61.3 Å². The number of rotatable bonds is 17. The second kappa shape index (κ2) is 17.0. The Labute approximate surface area is 280 Å². The van der Waals surface area contributed by atoms with Crippen molar-refractivity contribution in [3.8, 4) is 11.4 Å². The molecule has 0 radical (unpaired) electrons. The van der Waals surface area contributed by atoms with Crippen molar-refractivity contribution < 1.29 is 0 Å². The van der Waals surface area contributed by atoms with Gasteiger partial charge in [-0.05, 0) is 48.2 Å². The minimum atomic E-state index is 0.876. The van der Waals surface area contributed by atoms with Crippen LogP contribution < -0.4 is 0 Å². The number of aromatic nitrogens is 6. The van der Waals surface area contributed by atoms with Gasteiger partial charge in [0.05, 0.1) is 0 Å². The summed E-state index contributed by atoms with van der Waals surface area (Å²) in [6.07, 6.45) is 8.90. The first-order valence-corrected chi connectivity index (χ1v) is 18.1. The Kier molecular flexibility index (Phi) is 11.7. The minimum Gasteiger partial charge on any atom is -0.274 e. The Morgan fingerprint density at radius 3 is 1.13 bits per heavy atom. The molecule has 2 aromatic heterocycles. The SMILES string of the molecule is c1ccc(CSc2nnc(CCCCCCCCc3nnc(SCc4ccccc4)n3-c3ccccc3)n2-c2ccccc2)cc1. The average molecular weight is 645 g/mol. The van der Waals surface area contributed by atoms with E-state index in [-0.39, 0.29) is 0 Å². The summed E-state index contributed by atoms with van der Waals surface area (Å²) in [7, 11) is 0. The number of aryl methyl sites for hydroxylation is 2. The van der Waals surface area contributed by atoms with Gasteiger partial charge < -0.3 is 0 Å². The van der Waals surface area contributed by atoms with E-state index in [4.69, 9.17) is 0 Å². The molecule has 8 heteroatoms. The number of para-hydroxylation sites is 2. The lowest BCUT2D eigenvalue weighted by Gasteiger charge is -2.11. The summed E-state index contributed by atoms with van der Waals surface area (Å²) < 4.78 is 4.48. The van der Waals surface area contributed by atoms with E-state index in [1.807, 2.05) is 0 Å². The van der Waals surface area contributed by atoms with E-state index in [2.05, 4.69) is 151 Å². The Morgan fingerprint density at radius 2 is 0.739 bits per heavy atom. The van der Waals surface area contributed by atoms with Crippen molar-refractivity contribution in [3.63, 3.8) is 0 Å². The lowest BCUT2D eigenvalue weighted by Crippen LogP contribution is -2.03. The summed E-state index contributed by atoms with van der Waals surface area (Å²) in [5.41, 5.74) is 4.84. The van der Waals surface area contributed by atoms with Crippen molar-refractivity contribution in [1.82, 2.24) is 29.5 Å². The van der Waals surface area contributed by atoms with E-state index in [0.29, 0.717) is 0 Å².